The number of rotatable bonds is 3. The molecule has 1 aromatic carbocycles. The van der Waals surface area contributed by atoms with Crippen molar-refractivity contribution in [2.45, 2.75) is 50.8 Å². The van der Waals surface area contributed by atoms with Gasteiger partial charge >= 0.3 is 0 Å². The van der Waals surface area contributed by atoms with E-state index in [1.807, 2.05) is 15.6 Å². The monoisotopic (exact) mass is 343 g/mol. The van der Waals surface area contributed by atoms with E-state index in [2.05, 4.69) is 5.10 Å². The van der Waals surface area contributed by atoms with E-state index in [0.717, 1.165) is 37.1 Å². The molecule has 0 bridgehead atoms. The van der Waals surface area contributed by atoms with Crippen LogP contribution >= 0.6 is 0 Å². The second-order valence-electron chi connectivity index (χ2n) is 7.13. The molecule has 1 aromatic heterocycles. The molecule has 1 aliphatic carbocycles. The molecule has 0 saturated heterocycles. The average Bonchev–Trinajstić information content (AvgIpc) is 3.34. The maximum Gasteiger partial charge on any atom is 0.233 e. The summed E-state index contributed by atoms with van der Waals surface area (Å²) in [4.78, 5) is 15.1. The van der Waals surface area contributed by atoms with E-state index in [1.165, 1.54) is 12.1 Å². The Labute approximate surface area is 146 Å². The molecule has 0 radical (unpaired) electrons. The number of hydrogen-bond acceptors (Lipinski definition) is 3. The summed E-state index contributed by atoms with van der Waals surface area (Å²) in [5, 5.41) is 14.2. The summed E-state index contributed by atoms with van der Waals surface area (Å²) in [6.07, 6.45) is 1.84. The maximum absolute atomic E-state index is 13.2. The molecular formula is C19H22FN3O2. The van der Waals surface area contributed by atoms with Crippen molar-refractivity contribution in [2.24, 2.45) is 0 Å². The summed E-state index contributed by atoms with van der Waals surface area (Å²) in [6.45, 7) is 3.63. The average molecular weight is 343 g/mol. The number of aliphatic hydroxyl groups is 1. The van der Waals surface area contributed by atoms with Crippen molar-refractivity contribution in [3.8, 4) is 0 Å². The van der Waals surface area contributed by atoms with E-state index in [1.54, 1.807) is 19.1 Å². The van der Waals surface area contributed by atoms with Gasteiger partial charge in [0.2, 0.25) is 5.91 Å². The van der Waals surface area contributed by atoms with Crippen molar-refractivity contribution in [1.29, 1.82) is 0 Å². The fraction of sp³-hybridized carbons (Fsp3) is 0.474. The summed E-state index contributed by atoms with van der Waals surface area (Å²) in [6, 6.07) is 8.19. The minimum atomic E-state index is -0.613. The first-order chi connectivity index (χ1) is 12.0. The summed E-state index contributed by atoms with van der Waals surface area (Å²) < 4.78 is 15.1. The van der Waals surface area contributed by atoms with Gasteiger partial charge in [0.15, 0.2) is 0 Å². The highest BCUT2D eigenvalue weighted by molar-refractivity contribution is 5.91. The highest BCUT2D eigenvalue weighted by Crippen LogP contribution is 2.50. The second kappa shape index (κ2) is 5.95. The molecule has 6 heteroatoms. The first kappa shape index (κ1) is 16.3. The third kappa shape index (κ3) is 2.84. The Morgan fingerprint density at radius 3 is 2.64 bits per heavy atom. The van der Waals surface area contributed by atoms with Crippen molar-refractivity contribution in [3.63, 3.8) is 0 Å². The fourth-order valence-corrected chi connectivity index (χ4v) is 3.68. The smallest absolute Gasteiger partial charge is 0.233 e. The molecule has 1 aliphatic heterocycles. The van der Waals surface area contributed by atoms with Crippen molar-refractivity contribution >= 4 is 5.91 Å². The Bertz CT molecular complexity index is 794. The fourth-order valence-electron chi connectivity index (χ4n) is 3.68. The lowest BCUT2D eigenvalue weighted by Gasteiger charge is -2.26. The number of benzene rings is 1. The van der Waals surface area contributed by atoms with Gasteiger partial charge in [0.1, 0.15) is 5.82 Å². The van der Waals surface area contributed by atoms with Crippen LogP contribution in [0.2, 0.25) is 0 Å². The molecular weight excluding hydrogens is 321 g/mol. The zero-order chi connectivity index (χ0) is 17.6. The Kier molecular flexibility index (Phi) is 3.87. The van der Waals surface area contributed by atoms with Gasteiger partial charge in [0.05, 0.1) is 29.5 Å². The zero-order valence-corrected chi connectivity index (χ0v) is 14.3. The summed E-state index contributed by atoms with van der Waals surface area (Å²) >= 11 is 0. The van der Waals surface area contributed by atoms with Crippen LogP contribution in [-0.4, -0.2) is 32.2 Å². The third-order valence-electron chi connectivity index (χ3n) is 5.30. The predicted molar refractivity (Wildman–Crippen MR) is 90.2 cm³/mol. The molecule has 132 valence electrons. The van der Waals surface area contributed by atoms with Crippen molar-refractivity contribution in [2.75, 3.05) is 6.54 Å². The van der Waals surface area contributed by atoms with Gasteiger partial charge in [-0.25, -0.2) is 4.39 Å². The number of hydrogen-bond donors (Lipinski definition) is 1. The minimum Gasteiger partial charge on any atom is -0.387 e. The van der Waals surface area contributed by atoms with E-state index >= 15 is 0 Å². The second-order valence-corrected chi connectivity index (χ2v) is 7.13. The lowest BCUT2D eigenvalue weighted by Crippen LogP contribution is -2.39. The van der Waals surface area contributed by atoms with Crippen molar-refractivity contribution in [3.05, 3.63) is 53.1 Å². The number of aryl methyl sites for hydroxylation is 1. The lowest BCUT2D eigenvalue weighted by molar-refractivity contribution is -0.134. The summed E-state index contributed by atoms with van der Waals surface area (Å²) in [7, 11) is 0. The minimum absolute atomic E-state index is 0.118. The van der Waals surface area contributed by atoms with E-state index in [-0.39, 0.29) is 11.7 Å². The highest BCUT2D eigenvalue weighted by Gasteiger charge is 2.53. The van der Waals surface area contributed by atoms with Gasteiger partial charge in [-0.05, 0) is 49.9 Å². The van der Waals surface area contributed by atoms with Gasteiger partial charge in [-0.3, -0.25) is 9.48 Å². The Morgan fingerprint density at radius 2 is 2.00 bits per heavy atom. The van der Waals surface area contributed by atoms with Crippen LogP contribution in [0.25, 0.3) is 0 Å². The van der Waals surface area contributed by atoms with Crippen LogP contribution in [0.3, 0.4) is 0 Å². The highest BCUT2D eigenvalue weighted by atomic mass is 19.1. The number of nitrogens with zero attached hydrogens (tertiary/aromatic N) is 3. The predicted octanol–water partition coefficient (Wildman–Crippen LogP) is 2.54. The van der Waals surface area contributed by atoms with Crippen LogP contribution in [-0.2, 0) is 23.3 Å². The Morgan fingerprint density at radius 1 is 1.28 bits per heavy atom. The first-order valence-electron chi connectivity index (χ1n) is 8.80. The van der Waals surface area contributed by atoms with Gasteiger partial charge in [-0.15, -0.1) is 0 Å². The molecule has 1 saturated carbocycles. The molecule has 25 heavy (non-hydrogen) atoms. The van der Waals surface area contributed by atoms with Crippen LogP contribution in [0.1, 0.15) is 49.2 Å². The van der Waals surface area contributed by atoms with Gasteiger partial charge in [0.25, 0.3) is 0 Å². The normalized spacial score (nSPS) is 19.9. The zero-order valence-electron chi connectivity index (χ0n) is 14.3. The topological polar surface area (TPSA) is 58.4 Å². The molecule has 1 amide bonds. The van der Waals surface area contributed by atoms with Gasteiger partial charge in [-0.1, -0.05) is 12.1 Å². The molecule has 2 aliphatic rings. The molecule has 1 fully saturated rings. The van der Waals surface area contributed by atoms with E-state index in [9.17, 15) is 14.3 Å². The quantitative estimate of drug-likeness (QED) is 0.932. The molecule has 2 heterocycles. The van der Waals surface area contributed by atoms with Gasteiger partial charge in [-0.2, -0.15) is 5.10 Å². The molecule has 0 unspecified atom stereocenters. The molecule has 1 N–H and O–H groups in total. The summed E-state index contributed by atoms with van der Waals surface area (Å²) in [5.41, 5.74) is 2.01. The number of carbonyl (C=O) groups excluding carboxylic acids is 1. The number of amides is 1. The van der Waals surface area contributed by atoms with Crippen LogP contribution < -0.4 is 0 Å². The van der Waals surface area contributed by atoms with Crippen LogP contribution in [0.4, 0.5) is 4.39 Å². The number of carbonyl (C=O) groups is 1. The Hall–Kier alpha value is -2.21. The third-order valence-corrected chi connectivity index (χ3v) is 5.30. The molecule has 5 nitrogen and oxygen atoms in total. The van der Waals surface area contributed by atoms with E-state index < -0.39 is 11.5 Å². The van der Waals surface area contributed by atoms with Crippen LogP contribution in [0.15, 0.2) is 30.3 Å². The largest absolute Gasteiger partial charge is 0.387 e. The maximum atomic E-state index is 13.2. The number of fused-ring (bicyclic) bond motifs is 1. The van der Waals surface area contributed by atoms with Gasteiger partial charge in [0, 0.05) is 13.1 Å². The van der Waals surface area contributed by atoms with E-state index in [0.29, 0.717) is 18.8 Å². The van der Waals surface area contributed by atoms with Crippen LogP contribution in [0.5, 0.6) is 0 Å². The van der Waals surface area contributed by atoms with Crippen LogP contribution in [0, 0.1) is 5.82 Å². The van der Waals surface area contributed by atoms with Crippen molar-refractivity contribution < 1.29 is 14.3 Å². The SMILES string of the molecule is C[C@H](O)c1cc2n(n1)CCCN(C(=O)C1(c3ccc(F)cc3)CC1)C2. The number of aromatic nitrogens is 2. The standard InChI is InChI=1S/C19H22FN3O2/c1-13(24)17-11-16-12-22(9-2-10-23(16)21-17)18(25)19(7-8-19)14-3-5-15(20)6-4-14/h3-6,11,13,24H,2,7-10,12H2,1H3/t13-/m0/s1. The number of aliphatic hydroxyl groups excluding tert-OH is 1. The lowest BCUT2D eigenvalue weighted by atomic mass is 9.94. The molecule has 2 aromatic rings. The summed E-state index contributed by atoms with van der Waals surface area (Å²) in [5.74, 6) is -0.163. The molecule has 1 atom stereocenters. The Balaban J connectivity index is 1.58. The van der Waals surface area contributed by atoms with E-state index in [4.69, 9.17) is 0 Å². The first-order valence-corrected chi connectivity index (χ1v) is 8.80. The number of halogens is 1. The molecule has 4 rings (SSSR count). The molecule has 0 spiro atoms. The van der Waals surface area contributed by atoms with Gasteiger partial charge < -0.3 is 10.0 Å². The van der Waals surface area contributed by atoms with Crippen molar-refractivity contribution in [1.82, 2.24) is 14.7 Å².